The summed E-state index contributed by atoms with van der Waals surface area (Å²) < 4.78 is 11.0. The fourth-order valence-corrected chi connectivity index (χ4v) is 5.07. The van der Waals surface area contributed by atoms with Crippen molar-refractivity contribution in [1.29, 1.82) is 0 Å². The number of rotatable bonds is 2. The molecule has 0 aliphatic carbocycles. The van der Waals surface area contributed by atoms with E-state index < -0.39 is 35.6 Å². The molecule has 0 aromatic rings. The second-order valence-corrected chi connectivity index (χ2v) is 11.2. The smallest absolute Gasteiger partial charge is 0.309 e. The van der Waals surface area contributed by atoms with Crippen LogP contribution in [0.1, 0.15) is 60.8 Å². The molecule has 0 fully saturated rings. The second-order valence-electron chi connectivity index (χ2n) is 10.2. The van der Waals surface area contributed by atoms with Gasteiger partial charge in [-0.25, -0.2) is 4.99 Å². The van der Waals surface area contributed by atoms with E-state index in [-0.39, 0.29) is 24.2 Å². The molecule has 0 amide bonds. The van der Waals surface area contributed by atoms with Crippen molar-refractivity contribution in [2.45, 2.75) is 85.2 Å². The van der Waals surface area contributed by atoms with E-state index in [1.807, 2.05) is 45.1 Å². The summed E-state index contributed by atoms with van der Waals surface area (Å²) in [5.74, 6) is -1.02. The van der Waals surface area contributed by atoms with Crippen LogP contribution in [0.4, 0.5) is 0 Å². The lowest BCUT2D eigenvalue weighted by atomic mass is 9.73. The molecule has 2 heterocycles. The number of Topliss-reactive ketones (excluding diaryl/α,β-unsaturated/α-hetero) is 1. The van der Waals surface area contributed by atoms with Crippen LogP contribution in [0, 0.1) is 17.3 Å². The molecule has 2 N–H and O–H groups in total. The van der Waals surface area contributed by atoms with Gasteiger partial charge in [-0.05, 0) is 25.8 Å². The van der Waals surface area contributed by atoms with E-state index in [0.29, 0.717) is 18.1 Å². The van der Waals surface area contributed by atoms with Crippen LogP contribution >= 0.6 is 11.8 Å². The number of esters is 1. The first-order chi connectivity index (χ1) is 16.4. The summed E-state index contributed by atoms with van der Waals surface area (Å²) in [6, 6.07) is -0.0569. The third-order valence-electron chi connectivity index (χ3n) is 6.91. The van der Waals surface area contributed by atoms with Gasteiger partial charge in [0.1, 0.15) is 11.9 Å². The highest BCUT2D eigenvalue weighted by atomic mass is 32.2. The van der Waals surface area contributed by atoms with Crippen molar-refractivity contribution in [1.82, 2.24) is 0 Å². The minimum absolute atomic E-state index is 0.0569. The van der Waals surface area contributed by atoms with Crippen LogP contribution in [0.2, 0.25) is 0 Å². The van der Waals surface area contributed by atoms with E-state index in [1.54, 1.807) is 39.6 Å². The molecule has 0 saturated heterocycles. The van der Waals surface area contributed by atoms with Gasteiger partial charge in [0.15, 0.2) is 0 Å². The van der Waals surface area contributed by atoms with E-state index >= 15 is 0 Å². The van der Waals surface area contributed by atoms with Crippen LogP contribution in [0.15, 0.2) is 40.4 Å². The lowest BCUT2D eigenvalue weighted by molar-refractivity contribution is -0.154. The summed E-state index contributed by atoms with van der Waals surface area (Å²) >= 11 is 1.54. The maximum Gasteiger partial charge on any atom is 0.309 e. The SMILES string of the molecule is COC1=NC(/C=C(\C)[C@@H]2C/C=C(/C)C/C=C/[C@H](C)[C@H](O)[C@@H](C)C(=O)C(C)(C)[C@@H](O)CC(=O)O2)CS1. The molecule has 8 heteroatoms. The Morgan fingerprint density at radius 3 is 2.60 bits per heavy atom. The third-order valence-corrected chi connectivity index (χ3v) is 7.94. The Morgan fingerprint density at radius 2 is 1.97 bits per heavy atom. The number of thioether (sulfide) groups is 1. The number of aliphatic hydroxyl groups is 2. The molecule has 2 rings (SSSR count). The third kappa shape index (κ3) is 8.05. The predicted octanol–water partition coefficient (Wildman–Crippen LogP) is 4.24. The molecule has 2 aliphatic rings. The van der Waals surface area contributed by atoms with Crippen molar-refractivity contribution in [3.63, 3.8) is 0 Å². The maximum atomic E-state index is 13.2. The van der Waals surface area contributed by atoms with E-state index in [2.05, 4.69) is 4.99 Å². The first kappa shape index (κ1) is 29.3. The molecular formula is C27H41NO6S. The van der Waals surface area contributed by atoms with E-state index in [1.165, 1.54) is 0 Å². The number of ketones is 1. The Labute approximate surface area is 213 Å². The number of nitrogens with zero attached hydrogens (tertiary/aromatic N) is 1. The Bertz CT molecular complexity index is 890. The fourth-order valence-electron chi connectivity index (χ4n) is 4.26. The normalized spacial score (nSPS) is 36.1. The number of ether oxygens (including phenoxy) is 2. The number of carbonyl (C=O) groups is 2. The Hall–Kier alpha value is -1.90. The van der Waals surface area contributed by atoms with Crippen LogP contribution in [-0.4, -0.2) is 64.4 Å². The van der Waals surface area contributed by atoms with Gasteiger partial charge < -0.3 is 19.7 Å². The Balaban J connectivity index is 2.34. The lowest BCUT2D eigenvalue weighted by Crippen LogP contribution is -2.45. The predicted molar refractivity (Wildman–Crippen MR) is 140 cm³/mol. The minimum atomic E-state index is -1.24. The average molecular weight is 508 g/mol. The quantitative estimate of drug-likeness (QED) is 0.425. The van der Waals surface area contributed by atoms with Crippen molar-refractivity contribution in [2.75, 3.05) is 12.9 Å². The van der Waals surface area contributed by atoms with Gasteiger partial charge in [0.2, 0.25) is 5.23 Å². The molecule has 0 aromatic heterocycles. The van der Waals surface area contributed by atoms with Gasteiger partial charge in [-0.15, -0.1) is 0 Å². The maximum absolute atomic E-state index is 13.2. The molecule has 0 aromatic carbocycles. The van der Waals surface area contributed by atoms with Crippen molar-refractivity contribution in [3.05, 3.63) is 35.5 Å². The van der Waals surface area contributed by atoms with Crippen molar-refractivity contribution in [2.24, 2.45) is 22.2 Å². The molecule has 2 aliphatic heterocycles. The van der Waals surface area contributed by atoms with E-state index in [0.717, 1.165) is 16.9 Å². The van der Waals surface area contributed by atoms with Gasteiger partial charge in [0.25, 0.3) is 0 Å². The van der Waals surface area contributed by atoms with Gasteiger partial charge in [0.05, 0.1) is 37.2 Å². The number of cyclic esters (lactones) is 1. The minimum Gasteiger partial charge on any atom is -0.476 e. The van der Waals surface area contributed by atoms with E-state index in [9.17, 15) is 19.8 Å². The van der Waals surface area contributed by atoms with Crippen LogP contribution in [0.3, 0.4) is 0 Å². The molecule has 0 bridgehead atoms. The Kier molecular flexibility index (Phi) is 10.8. The fraction of sp³-hybridized carbons (Fsp3) is 0.667. The van der Waals surface area contributed by atoms with Gasteiger partial charge in [-0.1, -0.05) is 69.3 Å². The average Bonchev–Trinajstić information content (AvgIpc) is 3.26. The second kappa shape index (κ2) is 12.9. The van der Waals surface area contributed by atoms with Crippen molar-refractivity contribution >= 4 is 28.7 Å². The summed E-state index contributed by atoms with van der Waals surface area (Å²) in [5.41, 5.74) is 0.759. The number of allylic oxidation sites excluding steroid dienone is 2. The molecule has 196 valence electrons. The molecule has 35 heavy (non-hydrogen) atoms. The molecule has 6 atom stereocenters. The highest BCUT2D eigenvalue weighted by Gasteiger charge is 2.42. The largest absolute Gasteiger partial charge is 0.476 e. The topological polar surface area (TPSA) is 105 Å². The zero-order valence-electron chi connectivity index (χ0n) is 22.0. The molecule has 7 nitrogen and oxygen atoms in total. The van der Waals surface area contributed by atoms with Gasteiger partial charge in [-0.2, -0.15) is 0 Å². The number of hydrogen-bond donors (Lipinski definition) is 2. The van der Waals surface area contributed by atoms with Crippen molar-refractivity contribution < 1.29 is 29.3 Å². The van der Waals surface area contributed by atoms with Crippen LogP contribution in [0.5, 0.6) is 0 Å². The summed E-state index contributed by atoms with van der Waals surface area (Å²) in [6.07, 6.45) is 6.19. The highest BCUT2D eigenvalue weighted by Crippen LogP contribution is 2.32. The number of hydrogen-bond acceptors (Lipinski definition) is 8. The lowest BCUT2D eigenvalue weighted by Gasteiger charge is -2.34. The van der Waals surface area contributed by atoms with Crippen molar-refractivity contribution in [3.8, 4) is 0 Å². The zero-order valence-corrected chi connectivity index (χ0v) is 22.8. The van der Waals surface area contributed by atoms with Gasteiger partial charge >= 0.3 is 5.97 Å². The first-order valence-electron chi connectivity index (χ1n) is 12.2. The summed E-state index contributed by atoms with van der Waals surface area (Å²) in [5, 5.41) is 22.2. The monoisotopic (exact) mass is 507 g/mol. The number of methoxy groups -OCH3 is 1. The summed E-state index contributed by atoms with van der Waals surface area (Å²) in [6.45, 7) is 10.7. The standard InChI is InChI=1S/C27H41NO6S/c1-16-9-8-10-17(2)24(31)19(4)25(32)27(5,6)22(29)14-23(30)34-21(12-11-16)18(3)13-20-15-35-26(28-20)33-7/h8,10-11,13,17,19-22,24,29,31H,9,12,14-15H2,1-7H3/b10-8+,16-11-,18-13+/t17-,19+,20?,21-,22-,24-/m0/s1. The zero-order chi connectivity index (χ0) is 26.3. The number of carbonyl (C=O) groups excluding carboxylic acids is 2. The summed E-state index contributed by atoms with van der Waals surface area (Å²) in [7, 11) is 1.59. The number of aliphatic imine (C=N–C) groups is 1. The van der Waals surface area contributed by atoms with Gasteiger partial charge in [-0.3, -0.25) is 9.59 Å². The molecule has 0 spiro atoms. The molecule has 0 saturated carbocycles. The van der Waals surface area contributed by atoms with Gasteiger partial charge in [0, 0.05) is 24.0 Å². The van der Waals surface area contributed by atoms with Crippen LogP contribution in [-0.2, 0) is 19.1 Å². The Morgan fingerprint density at radius 1 is 1.29 bits per heavy atom. The van der Waals surface area contributed by atoms with Crippen LogP contribution < -0.4 is 0 Å². The molecule has 1 unspecified atom stereocenters. The summed E-state index contributed by atoms with van der Waals surface area (Å²) in [4.78, 5) is 30.5. The first-order valence-corrected chi connectivity index (χ1v) is 13.2. The van der Waals surface area contributed by atoms with Crippen LogP contribution in [0.25, 0.3) is 0 Å². The van der Waals surface area contributed by atoms with E-state index in [4.69, 9.17) is 9.47 Å². The molecule has 0 radical (unpaired) electrons. The highest BCUT2D eigenvalue weighted by molar-refractivity contribution is 8.13. The number of aliphatic hydroxyl groups excluding tert-OH is 2. The molecular weight excluding hydrogens is 466 g/mol.